The van der Waals surface area contributed by atoms with E-state index in [2.05, 4.69) is 16.0 Å². The van der Waals surface area contributed by atoms with Crippen molar-refractivity contribution < 1.29 is 26.7 Å². The van der Waals surface area contributed by atoms with E-state index in [4.69, 9.17) is 4.74 Å². The van der Waals surface area contributed by atoms with Crippen molar-refractivity contribution in [3.05, 3.63) is 18.2 Å². The number of carbonyl (C=O) groups is 1. The van der Waals surface area contributed by atoms with Crippen molar-refractivity contribution in [3.8, 4) is 0 Å². The first kappa shape index (κ1) is 21.6. The molecule has 0 spiro atoms. The molecule has 0 saturated carbocycles. The molecular formula is C14H20ClF2N3O4S. The van der Waals surface area contributed by atoms with Crippen LogP contribution in [0.5, 0.6) is 0 Å². The van der Waals surface area contributed by atoms with Crippen LogP contribution in [0.15, 0.2) is 23.1 Å². The fourth-order valence-corrected chi connectivity index (χ4v) is 2.94. The fraction of sp³-hybridized carbons (Fsp3) is 0.500. The molecule has 1 atom stereocenters. The molecule has 2 rings (SSSR count). The highest BCUT2D eigenvalue weighted by Crippen LogP contribution is 2.28. The summed E-state index contributed by atoms with van der Waals surface area (Å²) in [6, 6.07) is 3.44. The number of amides is 1. The third kappa shape index (κ3) is 5.24. The third-order valence-electron chi connectivity index (χ3n) is 3.40. The molecule has 0 radical (unpaired) electrons. The van der Waals surface area contributed by atoms with Crippen LogP contribution in [0.1, 0.15) is 6.92 Å². The Labute approximate surface area is 150 Å². The SMILES string of the molecule is CCNc1ccc(S(=O)(=O)C(F)F)cc1NC(=O)C1CNCCO1.Cl. The number of carbonyl (C=O) groups excluding carboxylic acids is 1. The number of nitrogens with one attached hydrogen (secondary N) is 3. The largest absolute Gasteiger partial charge is 0.384 e. The summed E-state index contributed by atoms with van der Waals surface area (Å²) in [5.41, 5.74) is 0.542. The molecular weight excluding hydrogens is 380 g/mol. The number of ether oxygens (including phenoxy) is 1. The number of halogens is 3. The summed E-state index contributed by atoms with van der Waals surface area (Å²) < 4.78 is 54.0. The first-order chi connectivity index (χ1) is 11.4. The average Bonchev–Trinajstić information content (AvgIpc) is 2.57. The lowest BCUT2D eigenvalue weighted by Gasteiger charge is -2.23. The number of hydrogen-bond acceptors (Lipinski definition) is 6. The van der Waals surface area contributed by atoms with Crippen molar-refractivity contribution in [2.45, 2.75) is 23.7 Å². The molecule has 0 aromatic heterocycles. The number of anilines is 2. The number of hydrogen-bond donors (Lipinski definition) is 3. The van der Waals surface area contributed by atoms with Crippen LogP contribution >= 0.6 is 12.4 Å². The van der Waals surface area contributed by atoms with Crippen LogP contribution in [0.4, 0.5) is 20.2 Å². The maximum absolute atomic E-state index is 12.7. The first-order valence-corrected chi connectivity index (χ1v) is 8.94. The summed E-state index contributed by atoms with van der Waals surface area (Å²) in [7, 11) is -4.75. The molecule has 1 aliphatic heterocycles. The lowest BCUT2D eigenvalue weighted by atomic mass is 10.2. The molecule has 1 amide bonds. The topological polar surface area (TPSA) is 96.5 Å². The average molecular weight is 400 g/mol. The molecule has 1 aromatic carbocycles. The van der Waals surface area contributed by atoms with E-state index in [-0.39, 0.29) is 18.1 Å². The van der Waals surface area contributed by atoms with Crippen LogP contribution in [-0.4, -0.2) is 52.4 Å². The van der Waals surface area contributed by atoms with Crippen LogP contribution in [0, 0.1) is 0 Å². The maximum Gasteiger partial charge on any atom is 0.341 e. The second-order valence-electron chi connectivity index (χ2n) is 5.10. The molecule has 0 aliphatic carbocycles. The molecule has 7 nitrogen and oxygen atoms in total. The maximum atomic E-state index is 12.7. The Morgan fingerprint density at radius 2 is 2.12 bits per heavy atom. The highest BCUT2D eigenvalue weighted by molar-refractivity contribution is 7.91. The summed E-state index contributed by atoms with van der Waals surface area (Å²) >= 11 is 0. The van der Waals surface area contributed by atoms with Gasteiger partial charge >= 0.3 is 5.76 Å². The van der Waals surface area contributed by atoms with Gasteiger partial charge in [0.1, 0.15) is 6.10 Å². The van der Waals surface area contributed by atoms with E-state index < -0.39 is 32.5 Å². The van der Waals surface area contributed by atoms with Gasteiger partial charge in [-0.1, -0.05) is 0 Å². The lowest BCUT2D eigenvalue weighted by Crippen LogP contribution is -2.45. The summed E-state index contributed by atoms with van der Waals surface area (Å²) in [6.45, 7) is 3.64. The van der Waals surface area contributed by atoms with Gasteiger partial charge in [0.25, 0.3) is 5.91 Å². The summed E-state index contributed by atoms with van der Waals surface area (Å²) in [5, 5.41) is 8.47. The molecule has 142 valence electrons. The molecule has 1 aromatic rings. The van der Waals surface area contributed by atoms with Gasteiger partial charge in [-0.15, -0.1) is 12.4 Å². The van der Waals surface area contributed by atoms with E-state index in [1.54, 1.807) is 0 Å². The molecule has 1 saturated heterocycles. The van der Waals surface area contributed by atoms with E-state index in [1.807, 2.05) is 6.92 Å². The summed E-state index contributed by atoms with van der Waals surface area (Å²) in [5.74, 6) is -4.01. The lowest BCUT2D eigenvalue weighted by molar-refractivity contribution is -0.128. The Morgan fingerprint density at radius 3 is 2.68 bits per heavy atom. The smallest absolute Gasteiger partial charge is 0.341 e. The Hall–Kier alpha value is -1.49. The van der Waals surface area contributed by atoms with Crippen molar-refractivity contribution >= 4 is 39.5 Å². The van der Waals surface area contributed by atoms with Gasteiger partial charge in [-0.3, -0.25) is 4.79 Å². The molecule has 1 aliphatic rings. The van der Waals surface area contributed by atoms with E-state index in [9.17, 15) is 22.0 Å². The van der Waals surface area contributed by atoms with Crippen LogP contribution in [0.2, 0.25) is 0 Å². The van der Waals surface area contributed by atoms with Gasteiger partial charge in [-0.05, 0) is 25.1 Å². The predicted molar refractivity (Wildman–Crippen MR) is 92.3 cm³/mol. The summed E-state index contributed by atoms with van der Waals surface area (Å²) in [6.07, 6.45) is -0.733. The molecule has 1 heterocycles. The highest BCUT2D eigenvalue weighted by atomic mass is 35.5. The molecule has 25 heavy (non-hydrogen) atoms. The molecule has 1 fully saturated rings. The van der Waals surface area contributed by atoms with Gasteiger partial charge in [0, 0.05) is 19.6 Å². The fourth-order valence-electron chi connectivity index (χ4n) is 2.20. The number of morpholine rings is 1. The minimum atomic E-state index is -4.75. The monoisotopic (exact) mass is 399 g/mol. The van der Waals surface area contributed by atoms with Crippen molar-refractivity contribution in [1.29, 1.82) is 0 Å². The quantitative estimate of drug-likeness (QED) is 0.670. The number of rotatable bonds is 6. The normalized spacial score (nSPS) is 17.7. The molecule has 0 bridgehead atoms. The number of alkyl halides is 2. The van der Waals surface area contributed by atoms with Crippen LogP contribution in [0.25, 0.3) is 0 Å². The Kier molecular flexibility index (Phi) is 8.00. The van der Waals surface area contributed by atoms with Gasteiger partial charge in [0.15, 0.2) is 0 Å². The van der Waals surface area contributed by atoms with Crippen LogP contribution in [-0.2, 0) is 19.4 Å². The van der Waals surface area contributed by atoms with E-state index in [0.29, 0.717) is 31.9 Å². The van der Waals surface area contributed by atoms with E-state index in [1.165, 1.54) is 6.07 Å². The second-order valence-corrected chi connectivity index (χ2v) is 7.01. The Bertz CT molecular complexity index is 697. The van der Waals surface area contributed by atoms with Gasteiger partial charge in [-0.25, -0.2) is 8.42 Å². The molecule has 3 N–H and O–H groups in total. The minimum absolute atomic E-state index is 0. The van der Waals surface area contributed by atoms with Crippen LogP contribution in [0.3, 0.4) is 0 Å². The highest BCUT2D eigenvalue weighted by Gasteiger charge is 2.28. The zero-order chi connectivity index (χ0) is 17.7. The van der Waals surface area contributed by atoms with Crippen molar-refractivity contribution in [1.82, 2.24) is 5.32 Å². The van der Waals surface area contributed by atoms with Crippen molar-refractivity contribution in [2.75, 3.05) is 36.9 Å². The minimum Gasteiger partial charge on any atom is -0.384 e. The van der Waals surface area contributed by atoms with Gasteiger partial charge in [0.05, 0.1) is 22.9 Å². The second kappa shape index (κ2) is 9.27. The number of sulfone groups is 1. The van der Waals surface area contributed by atoms with Crippen LogP contribution < -0.4 is 16.0 Å². The predicted octanol–water partition coefficient (Wildman–Crippen LogP) is 1.46. The summed E-state index contributed by atoms with van der Waals surface area (Å²) in [4.78, 5) is 11.7. The standard InChI is InChI=1S/C14H19F2N3O4S.ClH/c1-2-18-10-4-3-9(24(21,22)14(15)16)7-11(10)19-13(20)12-8-17-5-6-23-12;/h3-4,7,12,14,17-18H,2,5-6,8H2,1H3,(H,19,20);1H. The van der Waals surface area contributed by atoms with E-state index >= 15 is 0 Å². The van der Waals surface area contributed by atoms with Crippen molar-refractivity contribution in [3.63, 3.8) is 0 Å². The molecule has 1 unspecified atom stereocenters. The first-order valence-electron chi connectivity index (χ1n) is 7.39. The van der Waals surface area contributed by atoms with Gasteiger partial charge in [-0.2, -0.15) is 8.78 Å². The zero-order valence-corrected chi connectivity index (χ0v) is 15.1. The van der Waals surface area contributed by atoms with Crippen molar-refractivity contribution in [2.24, 2.45) is 0 Å². The Balaban J connectivity index is 0.00000312. The zero-order valence-electron chi connectivity index (χ0n) is 13.4. The third-order valence-corrected chi connectivity index (χ3v) is 4.78. The Morgan fingerprint density at radius 1 is 1.40 bits per heavy atom. The van der Waals surface area contributed by atoms with Gasteiger partial charge in [0.2, 0.25) is 9.84 Å². The van der Waals surface area contributed by atoms with Gasteiger partial charge < -0.3 is 20.7 Å². The molecule has 11 heteroatoms. The van der Waals surface area contributed by atoms with E-state index in [0.717, 1.165) is 12.1 Å². The number of benzene rings is 1.